The molecule has 6 nitrogen and oxygen atoms in total. The molecular weight excluding hydrogens is 428 g/mol. The van der Waals surface area contributed by atoms with Gasteiger partial charge in [-0.2, -0.15) is 5.26 Å². The standard InChI is InChI=1S/C23H30N4O2S2/c1-4-6-13-27-22(29)19(31-23(27)30)14-17-16(3)18(15-24)21(28)26(10-5-2)20(17)25-11-8-7-9-12-25/h14H,4-13H2,1-3H3/b19-14-. The molecule has 2 saturated heterocycles. The van der Waals surface area contributed by atoms with Crippen molar-refractivity contribution in [3.8, 4) is 6.07 Å². The predicted octanol–water partition coefficient (Wildman–Crippen LogP) is 4.43. The normalized spacial score (nSPS) is 18.2. The lowest BCUT2D eigenvalue weighted by atomic mass is 10.0. The van der Waals surface area contributed by atoms with Crippen LogP contribution in [0.15, 0.2) is 9.70 Å². The minimum atomic E-state index is -0.241. The summed E-state index contributed by atoms with van der Waals surface area (Å²) in [6, 6.07) is 2.11. The average molecular weight is 459 g/mol. The van der Waals surface area contributed by atoms with Crippen LogP contribution >= 0.6 is 24.0 Å². The maximum Gasteiger partial charge on any atom is 0.270 e. The van der Waals surface area contributed by atoms with Gasteiger partial charge in [0.15, 0.2) is 0 Å². The molecule has 0 radical (unpaired) electrons. The lowest BCUT2D eigenvalue weighted by molar-refractivity contribution is -0.122. The summed E-state index contributed by atoms with van der Waals surface area (Å²) in [7, 11) is 0. The smallest absolute Gasteiger partial charge is 0.270 e. The van der Waals surface area contributed by atoms with Crippen molar-refractivity contribution in [2.75, 3.05) is 24.5 Å². The third-order valence-electron chi connectivity index (χ3n) is 5.83. The van der Waals surface area contributed by atoms with E-state index in [-0.39, 0.29) is 17.0 Å². The van der Waals surface area contributed by atoms with Crippen molar-refractivity contribution in [2.45, 2.75) is 65.8 Å². The zero-order valence-electron chi connectivity index (χ0n) is 18.6. The largest absolute Gasteiger partial charge is 0.357 e. The van der Waals surface area contributed by atoms with Gasteiger partial charge in [0.1, 0.15) is 21.8 Å². The molecule has 0 saturated carbocycles. The first-order chi connectivity index (χ1) is 14.9. The van der Waals surface area contributed by atoms with Crippen LogP contribution in [0.5, 0.6) is 0 Å². The van der Waals surface area contributed by atoms with E-state index in [2.05, 4.69) is 17.9 Å². The van der Waals surface area contributed by atoms with Crippen LogP contribution in [0.2, 0.25) is 0 Å². The lowest BCUT2D eigenvalue weighted by Crippen LogP contribution is -2.37. The van der Waals surface area contributed by atoms with Crippen molar-refractivity contribution in [3.05, 3.63) is 31.9 Å². The second-order valence-corrected chi connectivity index (χ2v) is 9.72. The number of unbranched alkanes of at least 4 members (excludes halogenated alkanes) is 1. The number of thiocarbonyl (C=S) groups is 1. The molecule has 0 atom stereocenters. The van der Waals surface area contributed by atoms with Crippen LogP contribution in [0.4, 0.5) is 5.82 Å². The zero-order chi connectivity index (χ0) is 22.5. The number of hydrogen-bond donors (Lipinski definition) is 0. The molecule has 166 valence electrons. The molecule has 3 heterocycles. The number of piperidine rings is 1. The number of thioether (sulfide) groups is 1. The maximum absolute atomic E-state index is 13.1. The van der Waals surface area contributed by atoms with Crippen LogP contribution in [0.3, 0.4) is 0 Å². The highest BCUT2D eigenvalue weighted by atomic mass is 32.2. The van der Waals surface area contributed by atoms with Gasteiger partial charge in [0, 0.05) is 31.7 Å². The first-order valence-electron chi connectivity index (χ1n) is 11.1. The fourth-order valence-corrected chi connectivity index (χ4v) is 5.45. The fourth-order valence-electron chi connectivity index (χ4n) is 4.16. The van der Waals surface area contributed by atoms with E-state index in [0.717, 1.165) is 56.6 Å². The van der Waals surface area contributed by atoms with Gasteiger partial charge < -0.3 is 4.90 Å². The first kappa shape index (κ1) is 23.6. The molecule has 2 aliphatic rings. The molecule has 1 amide bonds. The summed E-state index contributed by atoms with van der Waals surface area (Å²) in [6.45, 7) is 8.82. The number of nitriles is 1. The molecule has 0 aromatic carbocycles. The number of anilines is 1. The Morgan fingerprint density at radius 2 is 1.84 bits per heavy atom. The second kappa shape index (κ2) is 10.5. The molecule has 2 fully saturated rings. The Morgan fingerprint density at radius 1 is 1.13 bits per heavy atom. The summed E-state index contributed by atoms with van der Waals surface area (Å²) >= 11 is 6.77. The van der Waals surface area contributed by atoms with Gasteiger partial charge in [-0.05, 0) is 50.7 Å². The van der Waals surface area contributed by atoms with E-state index >= 15 is 0 Å². The molecule has 2 aliphatic heterocycles. The molecule has 0 spiro atoms. The summed E-state index contributed by atoms with van der Waals surface area (Å²) in [5.41, 5.74) is 1.35. The number of rotatable bonds is 7. The van der Waals surface area contributed by atoms with Crippen molar-refractivity contribution in [2.24, 2.45) is 0 Å². The van der Waals surface area contributed by atoms with Gasteiger partial charge in [0.05, 0.1) is 4.91 Å². The number of carbonyl (C=O) groups excluding carboxylic acids is 1. The van der Waals surface area contributed by atoms with Gasteiger partial charge in [-0.3, -0.25) is 19.1 Å². The van der Waals surface area contributed by atoms with Crippen molar-refractivity contribution in [1.29, 1.82) is 5.26 Å². The van der Waals surface area contributed by atoms with E-state index in [1.54, 1.807) is 9.47 Å². The van der Waals surface area contributed by atoms with Crippen molar-refractivity contribution >= 4 is 46.1 Å². The number of nitrogens with zero attached hydrogens (tertiary/aromatic N) is 4. The van der Waals surface area contributed by atoms with E-state index in [4.69, 9.17) is 12.2 Å². The minimum Gasteiger partial charge on any atom is -0.357 e. The van der Waals surface area contributed by atoms with Crippen molar-refractivity contribution in [1.82, 2.24) is 9.47 Å². The molecule has 1 aromatic heterocycles. The Hall–Kier alpha value is -2.11. The summed E-state index contributed by atoms with van der Waals surface area (Å²) in [5.74, 6) is 0.751. The molecule has 1 aromatic rings. The van der Waals surface area contributed by atoms with E-state index in [0.29, 0.717) is 27.9 Å². The Balaban J connectivity index is 2.18. The van der Waals surface area contributed by atoms with E-state index in [1.165, 1.54) is 18.2 Å². The molecule has 31 heavy (non-hydrogen) atoms. The van der Waals surface area contributed by atoms with Crippen LogP contribution in [0, 0.1) is 18.3 Å². The quantitative estimate of drug-likeness (QED) is 0.445. The monoisotopic (exact) mass is 458 g/mol. The zero-order valence-corrected chi connectivity index (χ0v) is 20.2. The molecule has 3 rings (SSSR count). The summed E-state index contributed by atoms with van der Waals surface area (Å²) < 4.78 is 2.31. The number of hydrogen-bond acceptors (Lipinski definition) is 6. The molecule has 0 bridgehead atoms. The van der Waals surface area contributed by atoms with E-state index < -0.39 is 0 Å². The lowest BCUT2D eigenvalue weighted by Gasteiger charge is -2.33. The topological polar surface area (TPSA) is 69.3 Å². The summed E-state index contributed by atoms with van der Waals surface area (Å²) in [5, 5.41) is 9.71. The Morgan fingerprint density at radius 3 is 2.45 bits per heavy atom. The fraction of sp³-hybridized carbons (Fsp3) is 0.565. The number of carbonyl (C=O) groups is 1. The first-order valence-corrected chi connectivity index (χ1v) is 12.3. The Bertz CT molecular complexity index is 1000. The van der Waals surface area contributed by atoms with E-state index in [9.17, 15) is 14.9 Å². The molecule has 0 N–H and O–H groups in total. The van der Waals surface area contributed by atoms with Gasteiger partial charge >= 0.3 is 0 Å². The van der Waals surface area contributed by atoms with Gasteiger partial charge in [-0.25, -0.2) is 0 Å². The number of pyridine rings is 1. The van der Waals surface area contributed by atoms with Gasteiger partial charge in [0.25, 0.3) is 11.5 Å². The molecule has 0 unspecified atom stereocenters. The predicted molar refractivity (Wildman–Crippen MR) is 131 cm³/mol. The minimum absolute atomic E-state index is 0.0841. The van der Waals surface area contributed by atoms with Gasteiger partial charge in [-0.1, -0.05) is 44.2 Å². The van der Waals surface area contributed by atoms with Gasteiger partial charge in [0.2, 0.25) is 0 Å². The highest BCUT2D eigenvalue weighted by Gasteiger charge is 2.33. The molecular formula is C23H30N4O2S2. The average Bonchev–Trinajstić information content (AvgIpc) is 3.03. The molecule has 0 aliphatic carbocycles. The summed E-state index contributed by atoms with van der Waals surface area (Å²) in [4.78, 5) is 30.7. The Labute approximate surface area is 193 Å². The van der Waals surface area contributed by atoms with Gasteiger partial charge in [-0.15, -0.1) is 0 Å². The van der Waals surface area contributed by atoms with Crippen molar-refractivity contribution < 1.29 is 4.79 Å². The van der Waals surface area contributed by atoms with Crippen molar-refractivity contribution in [3.63, 3.8) is 0 Å². The summed E-state index contributed by atoms with van der Waals surface area (Å²) in [6.07, 6.45) is 7.84. The van der Waals surface area contributed by atoms with Crippen LogP contribution in [-0.4, -0.2) is 39.3 Å². The number of aromatic nitrogens is 1. The maximum atomic E-state index is 13.1. The van der Waals surface area contributed by atoms with Crippen LogP contribution < -0.4 is 10.5 Å². The molecule has 8 heteroatoms. The number of amides is 1. The van der Waals surface area contributed by atoms with Crippen LogP contribution in [0.1, 0.15) is 69.1 Å². The third-order valence-corrected chi connectivity index (χ3v) is 7.21. The van der Waals surface area contributed by atoms with Crippen LogP contribution in [-0.2, 0) is 11.3 Å². The van der Waals surface area contributed by atoms with E-state index in [1.807, 2.05) is 19.9 Å². The third kappa shape index (κ3) is 4.73. The Kier molecular flexibility index (Phi) is 7.95. The van der Waals surface area contributed by atoms with Crippen LogP contribution in [0.25, 0.3) is 6.08 Å². The highest BCUT2D eigenvalue weighted by molar-refractivity contribution is 8.26. The second-order valence-electron chi connectivity index (χ2n) is 8.04. The highest BCUT2D eigenvalue weighted by Crippen LogP contribution is 2.36. The SMILES string of the molecule is CCCCN1C(=O)/C(=C/c2c(C)c(C#N)c(=O)n(CCC)c2N2CCCCC2)SC1=S.